The molecule has 112 valence electrons. The van der Waals surface area contributed by atoms with E-state index in [1.807, 2.05) is 18.2 Å². The van der Waals surface area contributed by atoms with E-state index in [1.54, 1.807) is 14.1 Å². The zero-order valence-electron chi connectivity index (χ0n) is 12.5. The molecule has 0 atom stereocenters. The molecule has 1 aliphatic heterocycles. The van der Waals surface area contributed by atoms with E-state index in [4.69, 9.17) is 0 Å². The molecule has 1 aromatic carbocycles. The lowest BCUT2D eigenvalue weighted by atomic mass is 9.70. The topological polar surface area (TPSA) is 61.4 Å². The van der Waals surface area contributed by atoms with E-state index in [-0.39, 0.29) is 17.4 Å². The van der Waals surface area contributed by atoms with Crippen LogP contribution >= 0.6 is 0 Å². The van der Waals surface area contributed by atoms with Gasteiger partial charge in [0.15, 0.2) is 0 Å². The van der Waals surface area contributed by atoms with E-state index in [1.165, 1.54) is 11.3 Å². The summed E-state index contributed by atoms with van der Waals surface area (Å²) in [5.41, 5.74) is 2.30. The molecular weight excluding hydrogens is 266 g/mol. The van der Waals surface area contributed by atoms with Crippen molar-refractivity contribution >= 4 is 23.3 Å². The van der Waals surface area contributed by atoms with Gasteiger partial charge in [-0.3, -0.25) is 4.79 Å². The van der Waals surface area contributed by atoms with E-state index < -0.39 is 0 Å². The minimum Gasteiger partial charge on any atom is -0.331 e. The van der Waals surface area contributed by atoms with Crippen LogP contribution in [0.2, 0.25) is 0 Å². The predicted molar refractivity (Wildman–Crippen MR) is 82.5 cm³/mol. The molecule has 0 radical (unpaired) electrons. The molecule has 1 heterocycles. The Morgan fingerprint density at radius 2 is 1.95 bits per heavy atom. The lowest BCUT2D eigenvalue weighted by molar-refractivity contribution is -0.121. The van der Waals surface area contributed by atoms with Crippen LogP contribution in [0.15, 0.2) is 18.2 Å². The molecule has 0 aromatic heterocycles. The molecule has 1 aromatic rings. The number of nitrogens with zero attached hydrogens (tertiary/aromatic N) is 1. The minimum absolute atomic E-state index is 0.119. The van der Waals surface area contributed by atoms with E-state index >= 15 is 0 Å². The molecule has 2 N–H and O–H groups in total. The fourth-order valence-electron chi connectivity index (χ4n) is 3.38. The monoisotopic (exact) mass is 287 g/mol. The predicted octanol–water partition coefficient (Wildman–Crippen LogP) is 2.93. The van der Waals surface area contributed by atoms with Gasteiger partial charge in [0.1, 0.15) is 0 Å². The molecule has 1 spiro atoms. The van der Waals surface area contributed by atoms with Gasteiger partial charge in [0.2, 0.25) is 5.91 Å². The average Bonchev–Trinajstić information content (AvgIpc) is 2.73. The highest BCUT2D eigenvalue weighted by Gasteiger charge is 2.47. The normalized spacial score (nSPS) is 19.0. The lowest BCUT2D eigenvalue weighted by Crippen LogP contribution is -2.36. The third-order valence-corrected chi connectivity index (χ3v) is 4.58. The fraction of sp³-hybridized carbons (Fsp3) is 0.500. The Morgan fingerprint density at radius 3 is 2.62 bits per heavy atom. The quantitative estimate of drug-likeness (QED) is 0.834. The molecule has 1 aliphatic carbocycles. The molecule has 21 heavy (non-hydrogen) atoms. The van der Waals surface area contributed by atoms with Crippen molar-refractivity contribution < 1.29 is 9.59 Å². The molecule has 0 bridgehead atoms. The van der Waals surface area contributed by atoms with Crippen LogP contribution in [0, 0.1) is 0 Å². The van der Waals surface area contributed by atoms with Crippen LogP contribution < -0.4 is 10.6 Å². The summed E-state index contributed by atoms with van der Waals surface area (Å²) in [6, 6.07) is 5.52. The number of fused-ring (bicyclic) bond motifs is 2. The van der Waals surface area contributed by atoms with Gasteiger partial charge in [0, 0.05) is 25.5 Å². The van der Waals surface area contributed by atoms with Gasteiger partial charge >= 0.3 is 6.03 Å². The Morgan fingerprint density at radius 1 is 1.24 bits per heavy atom. The smallest absolute Gasteiger partial charge is 0.321 e. The summed E-state index contributed by atoms with van der Waals surface area (Å²) < 4.78 is 0. The summed E-state index contributed by atoms with van der Waals surface area (Å²) in [5, 5.41) is 5.85. The van der Waals surface area contributed by atoms with E-state index in [0.29, 0.717) is 0 Å². The van der Waals surface area contributed by atoms with Crippen molar-refractivity contribution in [2.45, 2.75) is 37.5 Å². The molecule has 0 saturated heterocycles. The van der Waals surface area contributed by atoms with Crippen molar-refractivity contribution in [1.29, 1.82) is 0 Å². The van der Waals surface area contributed by atoms with Crippen LogP contribution in [0.25, 0.3) is 0 Å². The molecule has 5 nitrogen and oxygen atoms in total. The second-order valence-electron chi connectivity index (χ2n) is 6.18. The van der Waals surface area contributed by atoms with Gasteiger partial charge in [0.05, 0.1) is 5.41 Å². The first-order valence-electron chi connectivity index (χ1n) is 7.47. The first-order chi connectivity index (χ1) is 10.0. The lowest BCUT2D eigenvalue weighted by Gasteiger charge is -2.31. The first-order valence-corrected chi connectivity index (χ1v) is 7.47. The van der Waals surface area contributed by atoms with E-state index in [9.17, 15) is 9.59 Å². The largest absolute Gasteiger partial charge is 0.331 e. The molecule has 1 saturated carbocycles. The second kappa shape index (κ2) is 5.06. The van der Waals surface area contributed by atoms with Crippen molar-refractivity contribution in [3.63, 3.8) is 0 Å². The Balaban J connectivity index is 1.94. The molecule has 5 heteroatoms. The summed E-state index contributed by atoms with van der Waals surface area (Å²) >= 11 is 0. The standard InChI is InChI=1S/C16H21N3O2/c1-19(2)15(21)17-11-6-7-13-12(10-11)16(14(20)18-13)8-4-3-5-9-16/h6-7,10H,3-5,8-9H2,1-2H3,(H,17,21)(H,18,20). The number of anilines is 2. The van der Waals surface area contributed by atoms with Crippen LogP contribution in [0.5, 0.6) is 0 Å². The van der Waals surface area contributed by atoms with Gasteiger partial charge in [-0.05, 0) is 36.6 Å². The van der Waals surface area contributed by atoms with Crippen LogP contribution in [-0.4, -0.2) is 30.9 Å². The summed E-state index contributed by atoms with van der Waals surface area (Å²) in [6.45, 7) is 0. The van der Waals surface area contributed by atoms with Crippen molar-refractivity contribution in [3.05, 3.63) is 23.8 Å². The average molecular weight is 287 g/mol. The molecule has 3 rings (SSSR count). The highest BCUT2D eigenvalue weighted by atomic mass is 16.2. The van der Waals surface area contributed by atoms with Gasteiger partial charge in [-0.15, -0.1) is 0 Å². The summed E-state index contributed by atoms with van der Waals surface area (Å²) in [5.74, 6) is 0.119. The maximum absolute atomic E-state index is 12.4. The maximum Gasteiger partial charge on any atom is 0.321 e. The molecule has 2 aliphatic rings. The maximum atomic E-state index is 12.4. The molecule has 1 fully saturated rings. The van der Waals surface area contributed by atoms with Crippen LogP contribution in [0.4, 0.5) is 16.2 Å². The van der Waals surface area contributed by atoms with E-state index in [2.05, 4.69) is 10.6 Å². The third kappa shape index (κ3) is 2.26. The molecular formula is C16H21N3O2. The van der Waals surface area contributed by atoms with Gasteiger partial charge in [-0.1, -0.05) is 19.3 Å². The minimum atomic E-state index is -0.383. The van der Waals surface area contributed by atoms with Crippen LogP contribution in [0.1, 0.15) is 37.7 Å². The van der Waals surface area contributed by atoms with E-state index in [0.717, 1.165) is 42.6 Å². The number of carbonyl (C=O) groups excluding carboxylic acids is 2. The zero-order chi connectivity index (χ0) is 15.0. The number of urea groups is 1. The van der Waals surface area contributed by atoms with Crippen molar-refractivity contribution in [2.24, 2.45) is 0 Å². The van der Waals surface area contributed by atoms with Crippen LogP contribution in [0.3, 0.4) is 0 Å². The first kappa shape index (κ1) is 13.9. The number of hydrogen-bond acceptors (Lipinski definition) is 2. The van der Waals surface area contributed by atoms with Gasteiger partial charge < -0.3 is 15.5 Å². The number of hydrogen-bond donors (Lipinski definition) is 2. The number of rotatable bonds is 1. The molecule has 3 amide bonds. The highest BCUT2D eigenvalue weighted by Crippen LogP contribution is 2.48. The van der Waals surface area contributed by atoms with Crippen molar-refractivity contribution in [1.82, 2.24) is 4.90 Å². The van der Waals surface area contributed by atoms with Crippen molar-refractivity contribution in [3.8, 4) is 0 Å². The van der Waals surface area contributed by atoms with Gasteiger partial charge in [-0.25, -0.2) is 4.79 Å². The Kier molecular flexibility index (Phi) is 3.35. The number of nitrogens with one attached hydrogen (secondary N) is 2. The fourth-order valence-corrected chi connectivity index (χ4v) is 3.38. The highest BCUT2D eigenvalue weighted by molar-refractivity contribution is 6.07. The summed E-state index contributed by atoms with van der Waals surface area (Å²) in [7, 11) is 3.41. The summed E-state index contributed by atoms with van der Waals surface area (Å²) in [6.07, 6.45) is 5.16. The Labute approximate surface area is 124 Å². The van der Waals surface area contributed by atoms with Gasteiger partial charge in [-0.2, -0.15) is 0 Å². The third-order valence-electron chi connectivity index (χ3n) is 4.58. The number of amides is 3. The summed E-state index contributed by atoms with van der Waals surface area (Å²) in [4.78, 5) is 25.7. The van der Waals surface area contributed by atoms with Crippen molar-refractivity contribution in [2.75, 3.05) is 24.7 Å². The Hall–Kier alpha value is -2.04. The molecule has 0 unspecified atom stereocenters. The Bertz CT molecular complexity index is 589. The SMILES string of the molecule is CN(C)C(=O)Nc1ccc2c(c1)C1(CCCCC1)C(=O)N2. The van der Waals surface area contributed by atoms with Crippen LogP contribution in [-0.2, 0) is 10.2 Å². The second-order valence-corrected chi connectivity index (χ2v) is 6.18. The number of benzene rings is 1. The number of carbonyl (C=O) groups is 2. The zero-order valence-corrected chi connectivity index (χ0v) is 12.5. The van der Waals surface area contributed by atoms with Gasteiger partial charge in [0.25, 0.3) is 0 Å².